The predicted octanol–water partition coefficient (Wildman–Crippen LogP) is 1.74. The van der Waals surface area contributed by atoms with Gasteiger partial charge in [0.05, 0.1) is 0 Å². The van der Waals surface area contributed by atoms with E-state index in [1.807, 2.05) is 0 Å². The Bertz CT molecular complexity index is 179. The molecule has 2 fully saturated rings. The molecule has 0 saturated carbocycles. The Hall–Kier alpha value is -0.0800. The second-order valence-electron chi connectivity index (χ2n) is 4.94. The SMILES string of the molecule is CC1(CN)CCCC2CCCCN21. The molecule has 0 bridgehead atoms. The highest BCUT2D eigenvalue weighted by molar-refractivity contribution is 4.96. The molecule has 2 heterocycles. The minimum Gasteiger partial charge on any atom is -0.329 e. The lowest BCUT2D eigenvalue weighted by atomic mass is 9.81. The van der Waals surface area contributed by atoms with Crippen molar-refractivity contribution in [3.63, 3.8) is 0 Å². The number of rotatable bonds is 1. The van der Waals surface area contributed by atoms with Crippen LogP contribution in [0, 0.1) is 0 Å². The second-order valence-corrected chi connectivity index (χ2v) is 4.94. The smallest absolute Gasteiger partial charge is 0.0306 e. The zero-order valence-electron chi connectivity index (χ0n) is 8.76. The zero-order valence-corrected chi connectivity index (χ0v) is 8.76. The van der Waals surface area contributed by atoms with E-state index >= 15 is 0 Å². The van der Waals surface area contributed by atoms with Crippen molar-refractivity contribution in [1.82, 2.24) is 4.90 Å². The lowest BCUT2D eigenvalue weighted by molar-refractivity contribution is -0.00588. The van der Waals surface area contributed by atoms with E-state index in [-0.39, 0.29) is 0 Å². The molecule has 2 nitrogen and oxygen atoms in total. The van der Waals surface area contributed by atoms with E-state index in [1.165, 1.54) is 45.1 Å². The van der Waals surface area contributed by atoms with E-state index in [0.717, 1.165) is 12.6 Å². The second kappa shape index (κ2) is 3.58. The number of nitrogens with two attached hydrogens (primary N) is 1. The van der Waals surface area contributed by atoms with Gasteiger partial charge in [0.1, 0.15) is 0 Å². The normalized spacial score (nSPS) is 41.5. The van der Waals surface area contributed by atoms with Gasteiger partial charge in [-0.15, -0.1) is 0 Å². The van der Waals surface area contributed by atoms with Crippen LogP contribution in [0.25, 0.3) is 0 Å². The van der Waals surface area contributed by atoms with Gasteiger partial charge in [0, 0.05) is 18.1 Å². The van der Waals surface area contributed by atoms with Crippen molar-refractivity contribution in [2.24, 2.45) is 5.73 Å². The van der Waals surface area contributed by atoms with Crippen molar-refractivity contribution in [3.05, 3.63) is 0 Å². The summed E-state index contributed by atoms with van der Waals surface area (Å²) in [5.41, 5.74) is 6.23. The van der Waals surface area contributed by atoms with E-state index in [4.69, 9.17) is 5.73 Å². The van der Waals surface area contributed by atoms with Crippen LogP contribution >= 0.6 is 0 Å². The lowest BCUT2D eigenvalue weighted by Crippen LogP contribution is -2.59. The highest BCUT2D eigenvalue weighted by Gasteiger charge is 2.39. The van der Waals surface area contributed by atoms with Gasteiger partial charge in [-0.05, 0) is 39.2 Å². The van der Waals surface area contributed by atoms with Gasteiger partial charge in [-0.1, -0.05) is 12.8 Å². The van der Waals surface area contributed by atoms with Crippen molar-refractivity contribution < 1.29 is 0 Å². The molecule has 0 aromatic carbocycles. The minimum atomic E-state index is 0.323. The molecule has 0 radical (unpaired) electrons. The molecule has 2 saturated heterocycles. The fraction of sp³-hybridized carbons (Fsp3) is 1.00. The first-order valence-corrected chi connectivity index (χ1v) is 5.73. The van der Waals surface area contributed by atoms with Crippen molar-refractivity contribution in [2.75, 3.05) is 13.1 Å². The monoisotopic (exact) mass is 182 g/mol. The van der Waals surface area contributed by atoms with Gasteiger partial charge in [0.25, 0.3) is 0 Å². The third kappa shape index (κ3) is 1.62. The van der Waals surface area contributed by atoms with Gasteiger partial charge in [-0.25, -0.2) is 0 Å². The fourth-order valence-electron chi connectivity index (χ4n) is 3.09. The Labute approximate surface area is 81.5 Å². The van der Waals surface area contributed by atoms with Crippen molar-refractivity contribution in [3.8, 4) is 0 Å². The summed E-state index contributed by atoms with van der Waals surface area (Å²) in [4.78, 5) is 2.69. The summed E-state index contributed by atoms with van der Waals surface area (Å²) in [7, 11) is 0. The van der Waals surface area contributed by atoms with Gasteiger partial charge in [0.15, 0.2) is 0 Å². The van der Waals surface area contributed by atoms with Crippen LogP contribution in [-0.2, 0) is 0 Å². The number of hydrogen-bond donors (Lipinski definition) is 1. The van der Waals surface area contributed by atoms with Crippen LogP contribution in [0.2, 0.25) is 0 Å². The average molecular weight is 182 g/mol. The summed E-state index contributed by atoms with van der Waals surface area (Å²) in [6.45, 7) is 4.48. The van der Waals surface area contributed by atoms with Gasteiger partial charge >= 0.3 is 0 Å². The topological polar surface area (TPSA) is 29.3 Å². The predicted molar refractivity (Wildman–Crippen MR) is 55.7 cm³/mol. The molecule has 0 aliphatic carbocycles. The van der Waals surface area contributed by atoms with Gasteiger partial charge in [-0.3, -0.25) is 4.90 Å². The standard InChI is InChI=1S/C11H22N2/c1-11(9-12)7-4-6-10-5-2-3-8-13(10)11/h10H,2-9,12H2,1H3. The van der Waals surface area contributed by atoms with Gasteiger partial charge < -0.3 is 5.73 Å². The third-order valence-electron chi connectivity index (χ3n) is 4.01. The van der Waals surface area contributed by atoms with Crippen LogP contribution < -0.4 is 5.73 Å². The van der Waals surface area contributed by atoms with Gasteiger partial charge in [0.2, 0.25) is 0 Å². The van der Waals surface area contributed by atoms with Crippen molar-refractivity contribution in [1.29, 1.82) is 0 Å². The first-order chi connectivity index (χ1) is 6.26. The van der Waals surface area contributed by atoms with E-state index in [1.54, 1.807) is 0 Å². The van der Waals surface area contributed by atoms with Crippen LogP contribution in [0.4, 0.5) is 0 Å². The molecule has 2 rings (SSSR count). The van der Waals surface area contributed by atoms with Crippen LogP contribution in [-0.4, -0.2) is 29.6 Å². The summed E-state index contributed by atoms with van der Waals surface area (Å²) in [6.07, 6.45) is 8.33. The van der Waals surface area contributed by atoms with Crippen LogP contribution in [0.15, 0.2) is 0 Å². The number of piperidine rings is 2. The van der Waals surface area contributed by atoms with E-state index < -0.39 is 0 Å². The van der Waals surface area contributed by atoms with Crippen molar-refractivity contribution in [2.45, 2.75) is 57.0 Å². The van der Waals surface area contributed by atoms with Gasteiger partial charge in [-0.2, -0.15) is 0 Å². The molecule has 2 aliphatic heterocycles. The summed E-state index contributed by atoms with van der Waals surface area (Å²) in [6, 6.07) is 0.857. The maximum Gasteiger partial charge on any atom is 0.0306 e. The summed E-state index contributed by atoms with van der Waals surface area (Å²) in [5.74, 6) is 0. The molecule has 2 aliphatic rings. The molecule has 76 valence electrons. The number of nitrogens with zero attached hydrogens (tertiary/aromatic N) is 1. The van der Waals surface area contributed by atoms with E-state index in [9.17, 15) is 0 Å². The maximum absolute atomic E-state index is 5.90. The maximum atomic E-state index is 5.90. The third-order valence-corrected chi connectivity index (χ3v) is 4.01. The highest BCUT2D eigenvalue weighted by Crippen LogP contribution is 2.35. The molecule has 0 aromatic heterocycles. The zero-order chi connectivity index (χ0) is 9.31. The molecular weight excluding hydrogens is 160 g/mol. The Morgan fingerprint density at radius 2 is 2.08 bits per heavy atom. The Balaban J connectivity index is 2.11. The molecule has 2 unspecified atom stereocenters. The number of hydrogen-bond acceptors (Lipinski definition) is 2. The minimum absolute atomic E-state index is 0.323. The highest BCUT2D eigenvalue weighted by atomic mass is 15.2. The molecule has 0 aromatic rings. The quantitative estimate of drug-likeness (QED) is 0.669. The molecule has 0 amide bonds. The molecule has 0 spiro atoms. The fourth-order valence-corrected chi connectivity index (χ4v) is 3.09. The summed E-state index contributed by atoms with van der Waals surface area (Å²) in [5, 5.41) is 0. The van der Waals surface area contributed by atoms with E-state index in [0.29, 0.717) is 5.54 Å². The molecule has 2 atom stereocenters. The Morgan fingerprint density at radius 1 is 1.31 bits per heavy atom. The van der Waals surface area contributed by atoms with E-state index in [2.05, 4.69) is 11.8 Å². The van der Waals surface area contributed by atoms with Crippen LogP contribution in [0.3, 0.4) is 0 Å². The first kappa shape index (κ1) is 9.47. The van der Waals surface area contributed by atoms with Crippen LogP contribution in [0.5, 0.6) is 0 Å². The molecular formula is C11H22N2. The van der Waals surface area contributed by atoms with Crippen LogP contribution in [0.1, 0.15) is 45.4 Å². The molecule has 2 N–H and O–H groups in total. The Kier molecular flexibility index (Phi) is 2.61. The summed E-state index contributed by atoms with van der Waals surface area (Å²) < 4.78 is 0. The largest absolute Gasteiger partial charge is 0.329 e. The van der Waals surface area contributed by atoms with Crippen molar-refractivity contribution >= 4 is 0 Å². The lowest BCUT2D eigenvalue weighted by Gasteiger charge is -2.51. The summed E-state index contributed by atoms with van der Waals surface area (Å²) >= 11 is 0. The number of fused-ring (bicyclic) bond motifs is 1. The molecule has 2 heteroatoms. The Morgan fingerprint density at radius 3 is 2.85 bits per heavy atom. The first-order valence-electron chi connectivity index (χ1n) is 5.73. The molecule has 13 heavy (non-hydrogen) atoms. The average Bonchev–Trinajstić information content (AvgIpc) is 2.19.